The van der Waals surface area contributed by atoms with Gasteiger partial charge in [0.05, 0.1) is 10.9 Å². The molecule has 0 radical (unpaired) electrons. The van der Waals surface area contributed by atoms with Crippen molar-refractivity contribution in [2.45, 2.75) is 0 Å². The van der Waals surface area contributed by atoms with Crippen LogP contribution in [0.5, 0.6) is 74.7 Å². The Hall–Kier alpha value is -7.44. The van der Waals surface area contributed by atoms with Crippen molar-refractivity contribution in [1.29, 1.82) is 0 Å². The van der Waals surface area contributed by atoms with Crippen LogP contribution >= 0.6 is 0 Å². The molecule has 0 saturated carbocycles. The Labute approximate surface area is 255 Å². The molecular weight excluding hydrogens is 640 g/mol. The van der Waals surface area contributed by atoms with Gasteiger partial charge < -0.3 is 75.2 Å². The molecule has 0 fully saturated rings. The Morgan fingerprint density at radius 2 is 0.957 bits per heavy atom. The summed E-state index contributed by atoms with van der Waals surface area (Å²) < 4.78 is 15.4. The van der Waals surface area contributed by atoms with E-state index in [4.69, 9.17) is 13.9 Å². The van der Waals surface area contributed by atoms with Gasteiger partial charge in [0.25, 0.3) is 0 Å². The lowest BCUT2D eigenvalue weighted by Crippen LogP contribution is -2.07. The fourth-order valence-corrected chi connectivity index (χ4v) is 4.49. The lowest BCUT2D eigenvalue weighted by molar-refractivity contribution is 0.0681. The predicted molar refractivity (Wildman–Crippen MR) is 149 cm³/mol. The van der Waals surface area contributed by atoms with Crippen LogP contribution in [0, 0.1) is 0 Å². The van der Waals surface area contributed by atoms with Crippen LogP contribution in [0.1, 0.15) is 31.1 Å². The zero-order valence-corrected chi connectivity index (χ0v) is 22.5. The van der Waals surface area contributed by atoms with Crippen LogP contribution in [-0.2, 0) is 0 Å². The third-order valence-electron chi connectivity index (χ3n) is 6.65. The van der Waals surface area contributed by atoms with Crippen molar-refractivity contribution in [3.63, 3.8) is 0 Å². The highest BCUT2D eigenvalue weighted by Gasteiger charge is 2.31. The van der Waals surface area contributed by atoms with Gasteiger partial charge in [-0.25, -0.2) is 19.2 Å². The number of rotatable bonds is 7. The Morgan fingerprint density at radius 3 is 1.40 bits per heavy atom. The van der Waals surface area contributed by atoms with Gasteiger partial charge in [0.2, 0.25) is 34.5 Å². The van der Waals surface area contributed by atoms with E-state index in [9.17, 15) is 80.5 Å². The van der Waals surface area contributed by atoms with E-state index in [0.29, 0.717) is 24.3 Å². The van der Waals surface area contributed by atoms with Crippen LogP contribution in [0.15, 0.2) is 33.5 Å². The lowest BCUT2D eigenvalue weighted by atomic mass is 10.00. The predicted octanol–water partition coefficient (Wildman–Crippen LogP) is 2.98. The zero-order chi connectivity index (χ0) is 34.8. The van der Waals surface area contributed by atoms with Crippen molar-refractivity contribution in [3.05, 3.63) is 51.4 Å². The second-order valence-corrected chi connectivity index (χ2v) is 9.42. The molecule has 0 aliphatic rings. The molecule has 0 bridgehead atoms. The van der Waals surface area contributed by atoms with Gasteiger partial charge in [-0.1, -0.05) is 0 Å². The van der Waals surface area contributed by atoms with Crippen molar-refractivity contribution < 1.29 is 89.6 Å². The average Bonchev–Trinajstić information content (AvgIpc) is 3.00. The normalized spacial score (nSPS) is 11.1. The van der Waals surface area contributed by atoms with Crippen molar-refractivity contribution in [2.75, 3.05) is 0 Å². The molecule has 0 aliphatic heterocycles. The summed E-state index contributed by atoms with van der Waals surface area (Å²) in [4.78, 5) is 48.7. The van der Waals surface area contributed by atoms with Crippen molar-refractivity contribution in [1.82, 2.24) is 0 Å². The molecule has 5 aromatic rings. The Bertz CT molecular complexity index is 2300. The first kappa shape index (κ1) is 31.0. The maximum atomic E-state index is 13.1. The van der Waals surface area contributed by atoms with Gasteiger partial charge >= 0.3 is 23.5 Å². The summed E-state index contributed by atoms with van der Waals surface area (Å²) in [7, 11) is 0. The number of aromatic hydroxyl groups is 9. The number of phenols is 9. The Morgan fingerprint density at radius 1 is 0.511 bits per heavy atom. The second-order valence-electron chi connectivity index (χ2n) is 9.42. The first-order chi connectivity index (χ1) is 22.0. The molecule has 0 atom stereocenters. The van der Waals surface area contributed by atoms with Crippen LogP contribution in [0.4, 0.5) is 0 Å². The Balaban J connectivity index is 1.79. The molecule has 242 valence electrons. The molecule has 4 aromatic carbocycles. The van der Waals surface area contributed by atoms with Gasteiger partial charge in [-0.05, 0) is 0 Å². The summed E-state index contributed by atoms with van der Waals surface area (Å²) in [6.45, 7) is 0. The number of ether oxygens (including phenoxy) is 2. The maximum Gasteiger partial charge on any atom is 0.344 e. The molecule has 0 saturated heterocycles. The fourth-order valence-electron chi connectivity index (χ4n) is 4.49. The fraction of sp³-hybridized carbons (Fsp3) is 0. The van der Waals surface area contributed by atoms with Crippen LogP contribution in [0.2, 0.25) is 0 Å². The smallest absolute Gasteiger partial charge is 0.344 e. The summed E-state index contributed by atoms with van der Waals surface area (Å²) in [5.41, 5.74) is -5.41. The monoisotopic (exact) mass is 656 g/mol. The van der Waals surface area contributed by atoms with Crippen molar-refractivity contribution >= 4 is 39.6 Å². The van der Waals surface area contributed by atoms with Gasteiger partial charge in [0.15, 0.2) is 45.8 Å². The minimum atomic E-state index is -1.86. The van der Waals surface area contributed by atoms with E-state index in [0.717, 1.165) is 0 Å². The van der Waals surface area contributed by atoms with Crippen LogP contribution in [-0.4, -0.2) is 79.2 Å². The largest absolute Gasteiger partial charge is 0.504 e. The average molecular weight is 656 g/mol. The number of aromatic carboxylic acids is 3. The SMILES string of the molecule is O=C(O)c1cc(O)c(O)c(O)c1Oc1cc2c(=O)oc3c(O)c(Oc4c(C(=O)O)cc(O)c(O)c4O)cc(C(=O)O)c3c2c(O)c1O. The first-order valence-corrected chi connectivity index (χ1v) is 12.3. The highest BCUT2D eigenvalue weighted by atomic mass is 16.5. The van der Waals surface area contributed by atoms with E-state index in [1.54, 1.807) is 0 Å². The third-order valence-corrected chi connectivity index (χ3v) is 6.65. The van der Waals surface area contributed by atoms with Gasteiger partial charge in [0.1, 0.15) is 11.1 Å². The highest BCUT2D eigenvalue weighted by molar-refractivity contribution is 6.19. The summed E-state index contributed by atoms with van der Waals surface area (Å²) in [6.07, 6.45) is 0. The number of carboxylic acid groups (broad SMARTS) is 3. The molecule has 19 heteroatoms. The Kier molecular flexibility index (Phi) is 7.01. The molecule has 0 unspecified atom stereocenters. The number of hydrogen-bond acceptors (Lipinski definition) is 16. The maximum absolute atomic E-state index is 13.1. The number of benzene rings is 4. The zero-order valence-electron chi connectivity index (χ0n) is 22.5. The number of carboxylic acids is 3. The summed E-state index contributed by atoms with van der Waals surface area (Å²) >= 11 is 0. The molecule has 47 heavy (non-hydrogen) atoms. The summed E-state index contributed by atoms with van der Waals surface area (Å²) in [5.74, 6) is -20.9. The van der Waals surface area contributed by atoms with Gasteiger partial charge in [0, 0.05) is 35.0 Å². The molecule has 0 aliphatic carbocycles. The van der Waals surface area contributed by atoms with Crippen molar-refractivity contribution in [2.24, 2.45) is 0 Å². The molecule has 5 rings (SSSR count). The molecule has 0 spiro atoms. The lowest BCUT2D eigenvalue weighted by Gasteiger charge is -2.17. The number of hydrogen-bond donors (Lipinski definition) is 12. The van der Waals surface area contributed by atoms with Gasteiger partial charge in [-0.3, -0.25) is 0 Å². The number of phenolic OH excluding ortho intramolecular Hbond substituents is 9. The van der Waals surface area contributed by atoms with E-state index in [-0.39, 0.29) is 0 Å². The molecule has 0 amide bonds. The molecule has 1 heterocycles. The highest BCUT2D eigenvalue weighted by Crippen LogP contribution is 2.53. The van der Waals surface area contributed by atoms with E-state index in [1.165, 1.54) is 0 Å². The topological polar surface area (TPSA) is 343 Å². The second kappa shape index (κ2) is 10.6. The molecule has 12 N–H and O–H groups in total. The minimum absolute atomic E-state index is 0.454. The van der Waals surface area contributed by atoms with Crippen LogP contribution < -0.4 is 15.1 Å². The quantitative estimate of drug-likeness (QED) is 0.0680. The van der Waals surface area contributed by atoms with E-state index < -0.39 is 137 Å². The molecular formula is C28H16O19. The van der Waals surface area contributed by atoms with E-state index in [1.807, 2.05) is 0 Å². The third kappa shape index (κ3) is 4.71. The van der Waals surface area contributed by atoms with E-state index in [2.05, 4.69) is 0 Å². The van der Waals surface area contributed by atoms with Gasteiger partial charge in [-0.15, -0.1) is 0 Å². The summed E-state index contributed by atoms with van der Waals surface area (Å²) in [5, 5.41) is 119. The van der Waals surface area contributed by atoms with Crippen molar-refractivity contribution in [3.8, 4) is 74.7 Å². The summed E-state index contributed by atoms with van der Waals surface area (Å²) in [6, 6.07) is 2.04. The number of fused-ring (bicyclic) bond motifs is 3. The standard InChI is InChI=1S/C28H16O19/c29-9-1-7(26(40)41)22(20(36)15(9)31)45-11-4-6-13(19(35)17(11)33)14-5(25(38)39)3-12(18(34)24(14)47-28(6)44)46-23-8(27(42)43)2-10(30)16(32)21(23)37/h1-4,29-37H,(H,38,39)(H,40,41)(H,42,43). The van der Waals surface area contributed by atoms with Crippen LogP contribution in [0.3, 0.4) is 0 Å². The van der Waals surface area contributed by atoms with Gasteiger partial charge in [-0.2, -0.15) is 0 Å². The van der Waals surface area contributed by atoms with E-state index >= 15 is 0 Å². The first-order valence-electron chi connectivity index (χ1n) is 12.3. The van der Waals surface area contributed by atoms with Crippen LogP contribution in [0.25, 0.3) is 21.7 Å². The number of carbonyl (C=O) groups is 3. The minimum Gasteiger partial charge on any atom is -0.504 e. The molecule has 1 aromatic heterocycles. The molecule has 19 nitrogen and oxygen atoms in total.